The highest BCUT2D eigenvalue weighted by atomic mass is 35.5. The summed E-state index contributed by atoms with van der Waals surface area (Å²) < 4.78 is 1.30. The highest BCUT2D eigenvalue weighted by Gasteiger charge is 2.27. The molecule has 10 heteroatoms. The first kappa shape index (κ1) is 23.5. The number of likely N-dealkylation sites (tertiary alicyclic amines) is 1. The molecule has 0 radical (unpaired) electrons. The van der Waals surface area contributed by atoms with Crippen LogP contribution >= 0.6 is 12.4 Å². The maximum absolute atomic E-state index is 13.0. The smallest absolute Gasteiger partial charge is 0.294 e. The van der Waals surface area contributed by atoms with Crippen molar-refractivity contribution in [2.24, 2.45) is 5.92 Å². The summed E-state index contributed by atoms with van der Waals surface area (Å²) >= 11 is 0. The van der Waals surface area contributed by atoms with Crippen molar-refractivity contribution in [1.29, 1.82) is 0 Å². The van der Waals surface area contributed by atoms with Crippen LogP contribution in [0, 0.1) is 23.0 Å². The van der Waals surface area contributed by atoms with Gasteiger partial charge in [-0.1, -0.05) is 12.1 Å². The van der Waals surface area contributed by atoms with Crippen LogP contribution in [-0.4, -0.2) is 52.2 Å². The fraction of sp³-hybridized carbons (Fsp3) is 0.450. The third-order valence-corrected chi connectivity index (χ3v) is 5.32. The molecule has 0 bridgehead atoms. The molecule has 1 saturated heterocycles. The number of nitrogens with one attached hydrogen (secondary N) is 1. The van der Waals surface area contributed by atoms with Gasteiger partial charge in [-0.3, -0.25) is 19.7 Å². The highest BCUT2D eigenvalue weighted by molar-refractivity contribution is 5.92. The van der Waals surface area contributed by atoms with E-state index in [9.17, 15) is 19.7 Å². The molecule has 0 saturated carbocycles. The van der Waals surface area contributed by atoms with E-state index in [2.05, 4.69) is 10.4 Å². The molecule has 0 spiro atoms. The van der Waals surface area contributed by atoms with Gasteiger partial charge in [-0.05, 0) is 51.8 Å². The second kappa shape index (κ2) is 10.3. The monoisotopic (exact) mass is 435 g/mol. The Balaban J connectivity index is 0.00000320. The van der Waals surface area contributed by atoms with Crippen LogP contribution in [0.2, 0.25) is 0 Å². The summed E-state index contributed by atoms with van der Waals surface area (Å²) in [6.45, 7) is 3.73. The molecule has 0 unspecified atom stereocenters. The van der Waals surface area contributed by atoms with E-state index in [4.69, 9.17) is 0 Å². The number of carbonyl (C=O) groups is 1. The molecule has 1 aliphatic rings. The van der Waals surface area contributed by atoms with Crippen LogP contribution in [0.25, 0.3) is 5.69 Å². The quantitative estimate of drug-likeness (QED) is 0.550. The zero-order valence-corrected chi connectivity index (χ0v) is 17.9. The van der Waals surface area contributed by atoms with Crippen molar-refractivity contribution in [3.8, 4) is 5.69 Å². The van der Waals surface area contributed by atoms with E-state index < -0.39 is 16.3 Å². The lowest BCUT2D eigenvalue weighted by Crippen LogP contribution is -2.41. The summed E-state index contributed by atoms with van der Waals surface area (Å²) in [6, 6.07) is 7.43. The lowest BCUT2D eigenvalue weighted by molar-refractivity contribution is -0.384. The zero-order chi connectivity index (χ0) is 21.0. The number of aromatic nitrogens is 2. The zero-order valence-electron chi connectivity index (χ0n) is 17.0. The maximum atomic E-state index is 13.0. The average Bonchev–Trinajstić information content (AvgIpc) is 2.72. The number of para-hydroxylation sites is 2. The van der Waals surface area contributed by atoms with Gasteiger partial charge in [0.25, 0.3) is 11.6 Å². The number of carbonyl (C=O) groups excluding carboxylic acids is 1. The number of nitro groups is 1. The van der Waals surface area contributed by atoms with Crippen LogP contribution in [0.3, 0.4) is 0 Å². The largest absolute Gasteiger partial charge is 0.337 e. The van der Waals surface area contributed by atoms with E-state index in [1.54, 1.807) is 30.0 Å². The predicted octanol–water partition coefficient (Wildman–Crippen LogP) is 2.33. The van der Waals surface area contributed by atoms with Crippen LogP contribution in [0.1, 0.15) is 35.4 Å². The summed E-state index contributed by atoms with van der Waals surface area (Å²) in [7, 11) is 1.92. The third kappa shape index (κ3) is 5.03. The number of hydrogen-bond acceptors (Lipinski definition) is 6. The number of piperidine rings is 1. The summed E-state index contributed by atoms with van der Waals surface area (Å²) in [5, 5.41) is 18.7. The van der Waals surface area contributed by atoms with Gasteiger partial charge in [0.1, 0.15) is 5.69 Å². The Kier molecular flexibility index (Phi) is 8.08. The Morgan fingerprint density at radius 3 is 2.60 bits per heavy atom. The lowest BCUT2D eigenvalue weighted by Gasteiger charge is -2.31. The van der Waals surface area contributed by atoms with E-state index in [1.807, 2.05) is 7.05 Å². The Bertz CT molecular complexity index is 970. The number of nitrogens with zero attached hydrogens (tertiary/aromatic N) is 4. The molecule has 3 rings (SSSR count). The number of amides is 1. The SMILES string of the molecule is CNCCC1CCN(C(=O)c2nn(-c3ccccc3[N+](=O)[O-])c(C)cc2=O)CC1.Cl. The van der Waals surface area contributed by atoms with Crippen molar-refractivity contribution in [3.63, 3.8) is 0 Å². The van der Waals surface area contributed by atoms with Gasteiger partial charge in [0.05, 0.1) is 4.92 Å². The first-order valence-corrected chi connectivity index (χ1v) is 9.71. The second-order valence-corrected chi connectivity index (χ2v) is 7.28. The van der Waals surface area contributed by atoms with E-state index in [-0.39, 0.29) is 29.5 Å². The molecule has 1 fully saturated rings. The fourth-order valence-electron chi connectivity index (χ4n) is 3.66. The summed E-state index contributed by atoms with van der Waals surface area (Å²) in [5.41, 5.74) is -0.181. The van der Waals surface area contributed by atoms with Crippen LogP contribution < -0.4 is 10.7 Å². The number of aryl methyl sites for hydroxylation is 1. The minimum Gasteiger partial charge on any atom is -0.337 e. The Labute approximate surface area is 180 Å². The molecule has 1 N–H and O–H groups in total. The first-order valence-electron chi connectivity index (χ1n) is 9.71. The van der Waals surface area contributed by atoms with Gasteiger partial charge in [0.15, 0.2) is 5.69 Å². The minimum absolute atomic E-state index is 0. The molecule has 1 amide bonds. The summed E-state index contributed by atoms with van der Waals surface area (Å²) in [4.78, 5) is 37.9. The molecule has 9 nitrogen and oxygen atoms in total. The Morgan fingerprint density at radius 2 is 1.97 bits per heavy atom. The number of rotatable bonds is 6. The van der Waals surface area contributed by atoms with Crippen molar-refractivity contribution in [2.45, 2.75) is 26.2 Å². The first-order chi connectivity index (χ1) is 13.9. The fourth-order valence-corrected chi connectivity index (χ4v) is 3.66. The van der Waals surface area contributed by atoms with E-state index >= 15 is 0 Å². The molecule has 0 atom stereocenters. The molecule has 2 heterocycles. The van der Waals surface area contributed by atoms with Gasteiger partial charge in [0.2, 0.25) is 5.43 Å². The molecule has 0 aliphatic carbocycles. The molecule has 1 aliphatic heterocycles. The Hall–Kier alpha value is -2.78. The van der Waals surface area contributed by atoms with Gasteiger partial charge < -0.3 is 10.2 Å². The molecule has 1 aromatic carbocycles. The number of benzene rings is 1. The lowest BCUT2D eigenvalue weighted by atomic mass is 9.93. The second-order valence-electron chi connectivity index (χ2n) is 7.28. The minimum atomic E-state index is -0.508. The van der Waals surface area contributed by atoms with Crippen molar-refractivity contribution >= 4 is 24.0 Å². The number of nitro benzene ring substituents is 1. The van der Waals surface area contributed by atoms with E-state index in [1.165, 1.54) is 16.8 Å². The van der Waals surface area contributed by atoms with Crippen LogP contribution in [0.4, 0.5) is 5.69 Å². The van der Waals surface area contributed by atoms with Crippen LogP contribution in [0.15, 0.2) is 35.1 Å². The molecule has 2 aromatic rings. The highest BCUT2D eigenvalue weighted by Crippen LogP contribution is 2.23. The van der Waals surface area contributed by atoms with Crippen molar-refractivity contribution < 1.29 is 9.72 Å². The normalized spacial score (nSPS) is 14.3. The van der Waals surface area contributed by atoms with Crippen LogP contribution in [0.5, 0.6) is 0 Å². The molecule has 162 valence electrons. The van der Waals surface area contributed by atoms with Crippen molar-refractivity contribution in [3.05, 3.63) is 62.1 Å². The predicted molar refractivity (Wildman–Crippen MR) is 116 cm³/mol. The molecular formula is C20H26ClN5O4. The van der Waals surface area contributed by atoms with E-state index in [0.29, 0.717) is 24.7 Å². The molecule has 30 heavy (non-hydrogen) atoms. The van der Waals surface area contributed by atoms with Gasteiger partial charge in [0, 0.05) is 30.9 Å². The third-order valence-electron chi connectivity index (χ3n) is 5.32. The van der Waals surface area contributed by atoms with Gasteiger partial charge in [-0.15, -0.1) is 12.4 Å². The molecular weight excluding hydrogens is 410 g/mol. The summed E-state index contributed by atoms with van der Waals surface area (Å²) in [6.07, 6.45) is 2.83. The molecule has 1 aromatic heterocycles. The van der Waals surface area contributed by atoms with Gasteiger partial charge in [-0.25, -0.2) is 4.68 Å². The van der Waals surface area contributed by atoms with Crippen molar-refractivity contribution in [1.82, 2.24) is 20.0 Å². The number of halogens is 1. The van der Waals surface area contributed by atoms with E-state index in [0.717, 1.165) is 25.8 Å². The number of hydrogen-bond donors (Lipinski definition) is 1. The summed E-state index contributed by atoms with van der Waals surface area (Å²) in [5.74, 6) is 0.135. The van der Waals surface area contributed by atoms with Gasteiger partial charge >= 0.3 is 0 Å². The average molecular weight is 436 g/mol. The standard InChI is InChI=1S/C20H25N5O4.ClH/c1-14-13-18(26)19(20(27)23-11-8-15(9-12-23)7-10-21-2)22-24(14)16-5-3-4-6-17(16)25(28)29;/h3-6,13,15,21H,7-12H2,1-2H3;1H. The topological polar surface area (TPSA) is 110 Å². The van der Waals surface area contributed by atoms with Crippen LogP contribution in [-0.2, 0) is 0 Å². The maximum Gasteiger partial charge on any atom is 0.294 e. The van der Waals surface area contributed by atoms with Gasteiger partial charge in [-0.2, -0.15) is 5.10 Å². The van der Waals surface area contributed by atoms with Crippen molar-refractivity contribution in [2.75, 3.05) is 26.7 Å². The Morgan fingerprint density at radius 1 is 1.30 bits per heavy atom.